The Morgan fingerprint density at radius 3 is 2.11 bits per heavy atom. The number of nitrogens with zero attached hydrogens (tertiary/aromatic N) is 1. The topological polar surface area (TPSA) is 55.8 Å². The minimum atomic E-state index is -0.526. The zero-order valence-electron chi connectivity index (χ0n) is 13.1. The van der Waals surface area contributed by atoms with Crippen LogP contribution in [-0.2, 0) is 14.3 Å². The Morgan fingerprint density at radius 2 is 1.74 bits per heavy atom. The largest absolute Gasteiger partial charge is 0.444 e. The third-order valence-corrected chi connectivity index (χ3v) is 2.59. The van der Waals surface area contributed by atoms with Crippen molar-refractivity contribution < 1.29 is 19.1 Å². The van der Waals surface area contributed by atoms with Crippen LogP contribution in [0.25, 0.3) is 0 Å². The fraction of sp³-hybridized carbons (Fsp3) is 0.857. The molecule has 0 bridgehead atoms. The smallest absolute Gasteiger partial charge is 0.410 e. The molecular weight excluding hydrogens is 246 g/mol. The molecule has 1 amide bonds. The molecule has 0 N–H and O–H groups in total. The van der Waals surface area contributed by atoms with Crippen molar-refractivity contribution in [3.8, 4) is 0 Å². The lowest BCUT2D eigenvalue weighted by molar-refractivity contribution is -0.124. The van der Waals surface area contributed by atoms with E-state index in [1.807, 2.05) is 34.6 Å². The van der Waals surface area contributed by atoms with Gasteiger partial charge in [-0.1, -0.05) is 13.8 Å². The summed E-state index contributed by atoms with van der Waals surface area (Å²) in [5.74, 6) is 0.105. The van der Waals surface area contributed by atoms with Crippen LogP contribution >= 0.6 is 0 Å². The highest BCUT2D eigenvalue weighted by Crippen LogP contribution is 2.11. The van der Waals surface area contributed by atoms with E-state index in [9.17, 15) is 9.59 Å². The highest BCUT2D eigenvalue weighted by atomic mass is 16.6. The third kappa shape index (κ3) is 7.82. The molecule has 0 aromatic rings. The van der Waals surface area contributed by atoms with Crippen molar-refractivity contribution in [1.82, 2.24) is 4.90 Å². The maximum atomic E-state index is 11.8. The quantitative estimate of drug-likeness (QED) is 0.746. The minimum absolute atomic E-state index is 0.0236. The zero-order chi connectivity index (χ0) is 15.2. The van der Waals surface area contributed by atoms with Gasteiger partial charge in [0.25, 0.3) is 0 Å². The minimum Gasteiger partial charge on any atom is -0.444 e. The Bertz CT molecular complexity index is 307. The fourth-order valence-corrected chi connectivity index (χ4v) is 1.40. The molecule has 0 aliphatic carbocycles. The molecular formula is C14H27NO4. The van der Waals surface area contributed by atoms with Gasteiger partial charge in [-0.05, 0) is 20.8 Å². The highest BCUT2D eigenvalue weighted by molar-refractivity contribution is 5.80. The second-order valence-electron chi connectivity index (χ2n) is 6.04. The lowest BCUT2D eigenvalue weighted by atomic mass is 10.0. The van der Waals surface area contributed by atoms with Crippen LogP contribution in [0.4, 0.5) is 4.79 Å². The summed E-state index contributed by atoms with van der Waals surface area (Å²) in [5.41, 5.74) is -0.526. The monoisotopic (exact) mass is 273 g/mol. The second kappa shape index (κ2) is 7.48. The lowest BCUT2D eigenvalue weighted by Gasteiger charge is -2.27. The van der Waals surface area contributed by atoms with Crippen molar-refractivity contribution >= 4 is 11.9 Å². The Kier molecular flexibility index (Phi) is 7.05. The number of carbonyl (C=O) groups excluding carboxylic acids is 2. The molecule has 0 fully saturated rings. The van der Waals surface area contributed by atoms with Crippen molar-refractivity contribution in [3.05, 3.63) is 0 Å². The normalized spacial score (nSPS) is 13.3. The molecule has 0 aliphatic heterocycles. The summed E-state index contributed by atoms with van der Waals surface area (Å²) in [5, 5.41) is 0. The molecule has 5 heteroatoms. The fourth-order valence-electron chi connectivity index (χ4n) is 1.40. The van der Waals surface area contributed by atoms with Gasteiger partial charge in [-0.3, -0.25) is 4.79 Å². The Labute approximate surface area is 116 Å². The van der Waals surface area contributed by atoms with Gasteiger partial charge in [-0.25, -0.2) is 4.79 Å². The second-order valence-corrected chi connectivity index (χ2v) is 6.04. The van der Waals surface area contributed by atoms with Gasteiger partial charge in [0.2, 0.25) is 0 Å². The lowest BCUT2D eigenvalue weighted by Crippen LogP contribution is -2.39. The number of hydrogen-bond donors (Lipinski definition) is 0. The van der Waals surface area contributed by atoms with Crippen LogP contribution in [0.2, 0.25) is 0 Å². The van der Waals surface area contributed by atoms with Crippen LogP contribution in [0.3, 0.4) is 0 Å². The first kappa shape index (κ1) is 17.9. The molecule has 0 saturated carbocycles. The third-order valence-electron chi connectivity index (χ3n) is 2.59. The molecule has 0 saturated heterocycles. The van der Waals surface area contributed by atoms with Gasteiger partial charge in [0.05, 0.1) is 12.6 Å². The molecule has 1 atom stereocenters. The molecule has 5 nitrogen and oxygen atoms in total. The van der Waals surface area contributed by atoms with Crippen LogP contribution in [0, 0.1) is 5.92 Å². The summed E-state index contributed by atoms with van der Waals surface area (Å²) in [7, 11) is 3.18. The molecule has 0 heterocycles. The number of ether oxygens (including phenoxy) is 2. The van der Waals surface area contributed by atoms with Crippen molar-refractivity contribution in [1.29, 1.82) is 0 Å². The number of amides is 1. The van der Waals surface area contributed by atoms with Gasteiger partial charge in [-0.2, -0.15) is 0 Å². The molecule has 0 radical (unpaired) electrons. The van der Waals surface area contributed by atoms with E-state index in [4.69, 9.17) is 9.47 Å². The van der Waals surface area contributed by atoms with E-state index < -0.39 is 11.7 Å². The van der Waals surface area contributed by atoms with Gasteiger partial charge in [0, 0.05) is 26.5 Å². The number of ketones is 1. The van der Waals surface area contributed by atoms with Crippen LogP contribution in [0.5, 0.6) is 0 Å². The summed E-state index contributed by atoms with van der Waals surface area (Å²) in [6, 6.07) is 0. The first-order valence-corrected chi connectivity index (χ1v) is 6.56. The summed E-state index contributed by atoms with van der Waals surface area (Å²) >= 11 is 0. The number of likely N-dealkylation sites (N-methyl/N-ethyl adjacent to an activating group) is 1. The number of rotatable bonds is 6. The maximum Gasteiger partial charge on any atom is 0.410 e. The zero-order valence-corrected chi connectivity index (χ0v) is 13.1. The Balaban J connectivity index is 4.38. The molecule has 1 unspecified atom stereocenters. The van der Waals surface area contributed by atoms with Gasteiger partial charge in [0.1, 0.15) is 11.4 Å². The Hall–Kier alpha value is -1.10. The number of hydrogen-bond acceptors (Lipinski definition) is 4. The average Bonchev–Trinajstić information content (AvgIpc) is 2.25. The first-order chi connectivity index (χ1) is 8.56. The highest BCUT2D eigenvalue weighted by Gasteiger charge is 2.23. The molecule has 0 aromatic heterocycles. The van der Waals surface area contributed by atoms with Crippen molar-refractivity contribution in [2.45, 2.75) is 52.7 Å². The van der Waals surface area contributed by atoms with Gasteiger partial charge < -0.3 is 14.4 Å². The molecule has 0 aliphatic rings. The number of methoxy groups -OCH3 is 1. The molecule has 0 rings (SSSR count). The Morgan fingerprint density at radius 1 is 1.21 bits per heavy atom. The molecule has 112 valence electrons. The summed E-state index contributed by atoms with van der Waals surface area (Å²) in [6.45, 7) is 9.49. The van der Waals surface area contributed by atoms with E-state index in [1.54, 1.807) is 14.2 Å². The summed E-state index contributed by atoms with van der Waals surface area (Å²) in [4.78, 5) is 24.9. The average molecular weight is 273 g/mol. The van der Waals surface area contributed by atoms with E-state index in [1.165, 1.54) is 4.90 Å². The van der Waals surface area contributed by atoms with E-state index >= 15 is 0 Å². The van der Waals surface area contributed by atoms with E-state index in [-0.39, 0.29) is 17.8 Å². The van der Waals surface area contributed by atoms with Crippen LogP contribution in [0.1, 0.15) is 41.0 Å². The van der Waals surface area contributed by atoms with Crippen molar-refractivity contribution in [3.63, 3.8) is 0 Å². The van der Waals surface area contributed by atoms with Gasteiger partial charge >= 0.3 is 6.09 Å². The van der Waals surface area contributed by atoms with E-state index in [0.29, 0.717) is 13.0 Å². The van der Waals surface area contributed by atoms with Gasteiger partial charge in [-0.15, -0.1) is 0 Å². The van der Waals surface area contributed by atoms with Crippen LogP contribution in [-0.4, -0.2) is 49.2 Å². The van der Waals surface area contributed by atoms with Gasteiger partial charge in [0.15, 0.2) is 0 Å². The predicted molar refractivity (Wildman–Crippen MR) is 74.1 cm³/mol. The SMILES string of the molecule is COC(CC(=O)C(C)C)CN(C)C(=O)OC(C)(C)C. The molecule has 0 spiro atoms. The van der Waals surface area contributed by atoms with E-state index in [0.717, 1.165) is 0 Å². The van der Waals surface area contributed by atoms with Crippen molar-refractivity contribution in [2.75, 3.05) is 20.7 Å². The first-order valence-electron chi connectivity index (χ1n) is 6.56. The molecule has 0 aromatic carbocycles. The van der Waals surface area contributed by atoms with Crippen LogP contribution in [0.15, 0.2) is 0 Å². The standard InChI is InChI=1S/C14H27NO4/c1-10(2)12(16)8-11(18-7)9-15(6)13(17)19-14(3,4)5/h10-11H,8-9H2,1-7H3. The summed E-state index contributed by atoms with van der Waals surface area (Å²) < 4.78 is 10.5. The van der Waals surface area contributed by atoms with Crippen LogP contribution < -0.4 is 0 Å². The summed E-state index contributed by atoms with van der Waals surface area (Å²) in [6.07, 6.45) is -0.402. The predicted octanol–water partition coefficient (Wildman–Crippen LogP) is 2.48. The van der Waals surface area contributed by atoms with Crippen molar-refractivity contribution in [2.24, 2.45) is 5.92 Å². The van der Waals surface area contributed by atoms with E-state index in [2.05, 4.69) is 0 Å². The maximum absolute atomic E-state index is 11.8. The number of Topliss-reactive ketones (excluding diaryl/α,β-unsaturated/α-hetero) is 1. The number of carbonyl (C=O) groups is 2. The molecule has 19 heavy (non-hydrogen) atoms.